The molecular formula is C24H24ClN5O. The number of carbonyl (C=O) groups is 1. The van der Waals surface area contributed by atoms with Crippen LogP contribution in [0.2, 0.25) is 5.02 Å². The molecule has 31 heavy (non-hydrogen) atoms. The van der Waals surface area contributed by atoms with Crippen LogP contribution in [0.25, 0.3) is 0 Å². The lowest BCUT2D eigenvalue weighted by Crippen LogP contribution is -2.47. The summed E-state index contributed by atoms with van der Waals surface area (Å²) in [6, 6.07) is 17.7. The van der Waals surface area contributed by atoms with E-state index in [4.69, 9.17) is 11.6 Å². The minimum Gasteiger partial charge on any atom is -0.368 e. The Bertz CT molecular complexity index is 1110. The largest absolute Gasteiger partial charge is 0.368 e. The first kappa shape index (κ1) is 19.8. The van der Waals surface area contributed by atoms with Crippen LogP contribution in [-0.2, 0) is 6.42 Å². The van der Waals surface area contributed by atoms with Gasteiger partial charge in [0, 0.05) is 49.1 Å². The van der Waals surface area contributed by atoms with Crippen LogP contribution in [0, 0.1) is 6.92 Å². The maximum absolute atomic E-state index is 12.9. The van der Waals surface area contributed by atoms with E-state index in [0.29, 0.717) is 12.2 Å². The summed E-state index contributed by atoms with van der Waals surface area (Å²) in [6.45, 7) is 6.24. The van der Waals surface area contributed by atoms with Gasteiger partial charge in [-0.25, -0.2) is 0 Å². The highest BCUT2D eigenvalue weighted by atomic mass is 35.5. The molecule has 158 valence electrons. The Kier molecular flexibility index (Phi) is 5.24. The minimum absolute atomic E-state index is 0.0924. The van der Waals surface area contributed by atoms with Crippen LogP contribution in [0.4, 0.5) is 17.2 Å². The van der Waals surface area contributed by atoms with Crippen LogP contribution >= 0.6 is 11.6 Å². The van der Waals surface area contributed by atoms with E-state index in [1.54, 1.807) is 11.0 Å². The van der Waals surface area contributed by atoms with Crippen molar-refractivity contribution in [2.45, 2.75) is 13.3 Å². The number of amides is 1. The molecule has 2 aromatic carbocycles. The summed E-state index contributed by atoms with van der Waals surface area (Å²) < 4.78 is 0. The number of rotatable bonds is 3. The standard InChI is InChI=1S/C24H24ClN5O/c1-17-6-7-19(25)16-22(17)28-12-14-29(15-13-28)23-9-8-20(26-27-23)24(31)30-11-10-18-4-2-3-5-21(18)30/h2-9,16H,10-15H2,1H3. The number of piperazine rings is 1. The van der Waals surface area contributed by atoms with Crippen molar-refractivity contribution in [3.05, 3.63) is 76.4 Å². The van der Waals surface area contributed by atoms with Crippen LogP contribution in [0.3, 0.4) is 0 Å². The van der Waals surface area contributed by atoms with E-state index in [-0.39, 0.29) is 5.91 Å². The predicted octanol–water partition coefficient (Wildman–Crippen LogP) is 3.97. The number of carbonyl (C=O) groups excluding carboxylic acids is 1. The second-order valence-electron chi connectivity index (χ2n) is 8.02. The molecule has 0 atom stereocenters. The van der Waals surface area contributed by atoms with E-state index < -0.39 is 0 Å². The molecule has 6 nitrogen and oxygen atoms in total. The van der Waals surface area contributed by atoms with Crippen LogP contribution in [0.15, 0.2) is 54.6 Å². The molecule has 2 aliphatic heterocycles. The van der Waals surface area contributed by atoms with Crippen molar-refractivity contribution < 1.29 is 4.79 Å². The molecule has 2 aliphatic rings. The number of hydrogen-bond acceptors (Lipinski definition) is 5. The molecule has 1 fully saturated rings. The number of halogens is 1. The van der Waals surface area contributed by atoms with Crippen molar-refractivity contribution >= 4 is 34.7 Å². The first-order valence-electron chi connectivity index (χ1n) is 10.6. The Morgan fingerprint density at radius 2 is 1.65 bits per heavy atom. The van der Waals surface area contributed by atoms with Crippen molar-refractivity contribution in [2.24, 2.45) is 0 Å². The van der Waals surface area contributed by atoms with Crippen molar-refractivity contribution in [3.63, 3.8) is 0 Å². The van der Waals surface area contributed by atoms with Gasteiger partial charge in [-0.2, -0.15) is 0 Å². The highest BCUT2D eigenvalue weighted by Gasteiger charge is 2.27. The third-order valence-electron chi connectivity index (χ3n) is 6.12. The maximum atomic E-state index is 12.9. The van der Waals surface area contributed by atoms with E-state index in [9.17, 15) is 4.79 Å². The summed E-state index contributed by atoms with van der Waals surface area (Å²) in [5.41, 5.74) is 4.97. The van der Waals surface area contributed by atoms with E-state index in [1.807, 2.05) is 36.4 Å². The number of anilines is 3. The Hall–Kier alpha value is -3.12. The molecule has 5 rings (SSSR count). The third kappa shape index (κ3) is 3.83. The summed E-state index contributed by atoms with van der Waals surface area (Å²) in [6.07, 6.45) is 0.879. The molecule has 0 spiro atoms. The first-order chi connectivity index (χ1) is 15.1. The summed E-state index contributed by atoms with van der Waals surface area (Å²) in [4.78, 5) is 19.3. The van der Waals surface area contributed by atoms with Gasteiger partial charge in [0.1, 0.15) is 0 Å². The molecule has 7 heteroatoms. The fourth-order valence-corrected chi connectivity index (χ4v) is 4.56. The molecule has 1 amide bonds. The molecular weight excluding hydrogens is 410 g/mol. The number of fused-ring (bicyclic) bond motifs is 1. The van der Waals surface area contributed by atoms with Gasteiger partial charge < -0.3 is 14.7 Å². The Morgan fingerprint density at radius 1 is 0.871 bits per heavy atom. The molecule has 0 aliphatic carbocycles. The zero-order valence-electron chi connectivity index (χ0n) is 17.5. The van der Waals surface area contributed by atoms with Crippen LogP contribution < -0.4 is 14.7 Å². The summed E-state index contributed by atoms with van der Waals surface area (Å²) in [7, 11) is 0. The van der Waals surface area contributed by atoms with E-state index in [1.165, 1.54) is 16.8 Å². The average Bonchev–Trinajstić information content (AvgIpc) is 3.25. The molecule has 0 radical (unpaired) electrons. The number of nitrogens with zero attached hydrogens (tertiary/aromatic N) is 5. The van der Waals surface area contributed by atoms with E-state index >= 15 is 0 Å². The summed E-state index contributed by atoms with van der Waals surface area (Å²) in [5, 5.41) is 9.39. The van der Waals surface area contributed by atoms with Crippen molar-refractivity contribution in [1.29, 1.82) is 0 Å². The van der Waals surface area contributed by atoms with Gasteiger partial charge in [0.15, 0.2) is 11.5 Å². The number of aryl methyl sites for hydroxylation is 1. The van der Waals surface area contributed by atoms with E-state index in [0.717, 1.165) is 49.1 Å². The molecule has 3 heterocycles. The van der Waals surface area contributed by atoms with Crippen molar-refractivity contribution in [2.75, 3.05) is 47.4 Å². The predicted molar refractivity (Wildman–Crippen MR) is 124 cm³/mol. The smallest absolute Gasteiger partial charge is 0.278 e. The van der Waals surface area contributed by atoms with Gasteiger partial charge in [-0.05, 0) is 54.8 Å². The molecule has 0 unspecified atom stereocenters. The summed E-state index contributed by atoms with van der Waals surface area (Å²) >= 11 is 6.19. The van der Waals surface area contributed by atoms with Crippen molar-refractivity contribution in [3.8, 4) is 0 Å². The van der Waals surface area contributed by atoms with Gasteiger partial charge >= 0.3 is 0 Å². The Morgan fingerprint density at radius 3 is 2.42 bits per heavy atom. The lowest BCUT2D eigenvalue weighted by Gasteiger charge is -2.37. The Balaban J connectivity index is 1.25. The minimum atomic E-state index is -0.0924. The highest BCUT2D eigenvalue weighted by molar-refractivity contribution is 6.30. The summed E-state index contributed by atoms with van der Waals surface area (Å²) in [5.74, 6) is 0.714. The normalized spacial score (nSPS) is 15.9. The lowest BCUT2D eigenvalue weighted by molar-refractivity contribution is 0.0983. The number of aromatic nitrogens is 2. The quantitative estimate of drug-likeness (QED) is 0.625. The molecule has 0 N–H and O–H groups in total. The van der Waals surface area contributed by atoms with Gasteiger partial charge in [0.2, 0.25) is 0 Å². The molecule has 0 bridgehead atoms. The SMILES string of the molecule is Cc1ccc(Cl)cc1N1CCN(c2ccc(C(=O)N3CCc4ccccc43)nn2)CC1. The molecule has 1 aromatic heterocycles. The molecule has 0 saturated carbocycles. The topological polar surface area (TPSA) is 52.6 Å². The van der Waals surface area contributed by atoms with Crippen LogP contribution in [-0.4, -0.2) is 48.8 Å². The lowest BCUT2D eigenvalue weighted by atomic mass is 10.1. The maximum Gasteiger partial charge on any atom is 0.278 e. The van der Waals surface area contributed by atoms with Crippen LogP contribution in [0.5, 0.6) is 0 Å². The van der Waals surface area contributed by atoms with Gasteiger partial charge in [-0.3, -0.25) is 4.79 Å². The van der Waals surface area contributed by atoms with Gasteiger partial charge in [0.05, 0.1) is 0 Å². The van der Waals surface area contributed by atoms with Gasteiger partial charge in [0.25, 0.3) is 5.91 Å². The second-order valence-corrected chi connectivity index (χ2v) is 8.45. The Labute approximate surface area is 187 Å². The number of benzene rings is 2. The fraction of sp³-hybridized carbons (Fsp3) is 0.292. The monoisotopic (exact) mass is 433 g/mol. The second kappa shape index (κ2) is 8.19. The average molecular weight is 434 g/mol. The zero-order valence-corrected chi connectivity index (χ0v) is 18.2. The zero-order chi connectivity index (χ0) is 21.4. The third-order valence-corrected chi connectivity index (χ3v) is 6.35. The van der Waals surface area contributed by atoms with Crippen molar-refractivity contribution in [1.82, 2.24) is 10.2 Å². The fourth-order valence-electron chi connectivity index (χ4n) is 4.40. The highest BCUT2D eigenvalue weighted by Crippen LogP contribution is 2.29. The number of hydrogen-bond donors (Lipinski definition) is 0. The molecule has 3 aromatic rings. The van der Waals surface area contributed by atoms with E-state index in [2.05, 4.69) is 39.1 Å². The number of para-hydroxylation sites is 1. The van der Waals surface area contributed by atoms with Gasteiger partial charge in [-0.1, -0.05) is 35.9 Å². The first-order valence-corrected chi connectivity index (χ1v) is 11.0. The van der Waals surface area contributed by atoms with Gasteiger partial charge in [-0.15, -0.1) is 10.2 Å². The molecule has 1 saturated heterocycles. The van der Waals surface area contributed by atoms with Crippen LogP contribution in [0.1, 0.15) is 21.6 Å².